The van der Waals surface area contributed by atoms with Crippen LogP contribution in [0, 0.1) is 10.1 Å². The minimum Gasteiger partial charge on any atom is -0.295 e. The Morgan fingerprint density at radius 3 is 2.50 bits per heavy atom. The molecule has 1 unspecified atom stereocenters. The van der Waals surface area contributed by atoms with Crippen molar-refractivity contribution in [3.05, 3.63) is 58.2 Å². The smallest absolute Gasteiger partial charge is 0.238 e. The van der Waals surface area contributed by atoms with E-state index in [9.17, 15) is 14.9 Å². The summed E-state index contributed by atoms with van der Waals surface area (Å²) in [5.41, 5.74) is 1.22. The van der Waals surface area contributed by atoms with Crippen molar-refractivity contribution in [2.45, 2.75) is 32.2 Å². The van der Waals surface area contributed by atoms with Crippen molar-refractivity contribution in [3.63, 3.8) is 0 Å². The van der Waals surface area contributed by atoms with Crippen LogP contribution in [-0.2, 0) is 0 Å². The number of ketones is 1. The molecule has 0 aliphatic carbocycles. The average molecular weight is 247 g/mol. The van der Waals surface area contributed by atoms with Crippen molar-refractivity contribution < 1.29 is 9.72 Å². The Morgan fingerprint density at radius 1 is 1.44 bits per heavy atom. The Morgan fingerprint density at radius 2 is 2.06 bits per heavy atom. The summed E-state index contributed by atoms with van der Waals surface area (Å²) >= 11 is 0. The summed E-state index contributed by atoms with van der Waals surface area (Å²) in [5, 5.41) is 11.0. The van der Waals surface area contributed by atoms with E-state index in [0.29, 0.717) is 17.5 Å². The molecule has 0 bridgehead atoms. The van der Waals surface area contributed by atoms with Gasteiger partial charge in [0.15, 0.2) is 5.78 Å². The van der Waals surface area contributed by atoms with Crippen LogP contribution in [0.4, 0.5) is 0 Å². The molecule has 0 saturated heterocycles. The molecule has 0 spiro atoms. The number of nitrogens with zero attached hydrogens (tertiary/aromatic N) is 1. The molecule has 18 heavy (non-hydrogen) atoms. The van der Waals surface area contributed by atoms with Crippen LogP contribution in [0.2, 0.25) is 0 Å². The maximum atomic E-state index is 11.1. The average Bonchev–Trinajstić information content (AvgIpc) is 2.34. The zero-order chi connectivity index (χ0) is 13.5. The quantitative estimate of drug-likeness (QED) is 0.243. The number of carbonyl (C=O) groups excluding carboxylic acids is 1. The van der Waals surface area contributed by atoms with Gasteiger partial charge in [-0.1, -0.05) is 30.3 Å². The van der Waals surface area contributed by atoms with E-state index < -0.39 is 6.04 Å². The summed E-state index contributed by atoms with van der Waals surface area (Å²) in [7, 11) is 0. The summed E-state index contributed by atoms with van der Waals surface area (Å²) < 4.78 is 0. The van der Waals surface area contributed by atoms with Gasteiger partial charge in [0.1, 0.15) is 0 Å². The first kappa shape index (κ1) is 14.1. The molecule has 0 aromatic heterocycles. The lowest BCUT2D eigenvalue weighted by Crippen LogP contribution is -2.10. The lowest BCUT2D eigenvalue weighted by atomic mass is 9.99. The van der Waals surface area contributed by atoms with E-state index in [4.69, 9.17) is 0 Å². The number of rotatable bonds is 7. The number of nitro groups is 1. The minimum absolute atomic E-state index is 0.0362. The zero-order valence-corrected chi connectivity index (χ0v) is 10.5. The van der Waals surface area contributed by atoms with Crippen molar-refractivity contribution in [2.24, 2.45) is 0 Å². The van der Waals surface area contributed by atoms with E-state index in [1.807, 2.05) is 0 Å². The molecule has 0 amide bonds. The number of hydrogen-bond donors (Lipinski definition) is 0. The highest BCUT2D eigenvalue weighted by Gasteiger charge is 2.21. The molecule has 1 atom stereocenters. The number of hydrogen-bond acceptors (Lipinski definition) is 3. The second-order valence-electron chi connectivity index (χ2n) is 4.20. The molecule has 0 saturated carbocycles. The molecule has 1 aromatic rings. The summed E-state index contributed by atoms with van der Waals surface area (Å²) in [6.45, 7) is 5.08. The maximum absolute atomic E-state index is 11.1. The summed E-state index contributed by atoms with van der Waals surface area (Å²) in [5.74, 6) is -0.0362. The Hall–Kier alpha value is -1.97. The van der Waals surface area contributed by atoms with Crippen LogP contribution in [0.15, 0.2) is 36.9 Å². The molecular weight excluding hydrogens is 230 g/mol. The van der Waals surface area contributed by atoms with Crippen LogP contribution in [0.5, 0.6) is 0 Å². The van der Waals surface area contributed by atoms with Crippen LogP contribution in [0.25, 0.3) is 0 Å². The summed E-state index contributed by atoms with van der Waals surface area (Å²) in [6.07, 6.45) is 3.76. The summed E-state index contributed by atoms with van der Waals surface area (Å²) in [4.78, 5) is 21.9. The van der Waals surface area contributed by atoms with Crippen molar-refractivity contribution in [1.82, 2.24) is 0 Å². The fraction of sp³-hybridized carbons (Fsp3) is 0.357. The first-order chi connectivity index (χ1) is 8.56. The van der Waals surface area contributed by atoms with E-state index in [2.05, 4.69) is 6.58 Å². The molecule has 4 heteroatoms. The highest BCUT2D eigenvalue weighted by molar-refractivity contribution is 5.94. The van der Waals surface area contributed by atoms with Crippen molar-refractivity contribution in [2.75, 3.05) is 0 Å². The van der Waals surface area contributed by atoms with Gasteiger partial charge in [0.25, 0.3) is 0 Å². The van der Waals surface area contributed by atoms with E-state index in [1.54, 1.807) is 30.3 Å². The van der Waals surface area contributed by atoms with E-state index in [0.717, 1.165) is 12.8 Å². The van der Waals surface area contributed by atoms with Gasteiger partial charge < -0.3 is 0 Å². The highest BCUT2D eigenvalue weighted by Crippen LogP contribution is 2.23. The number of unbranched alkanes of at least 4 members (excludes halogenated alkanes) is 1. The van der Waals surface area contributed by atoms with Gasteiger partial charge in [0, 0.05) is 22.5 Å². The fourth-order valence-electron chi connectivity index (χ4n) is 1.79. The molecule has 4 nitrogen and oxygen atoms in total. The zero-order valence-electron chi connectivity index (χ0n) is 10.5. The topological polar surface area (TPSA) is 60.2 Å². The van der Waals surface area contributed by atoms with Crippen LogP contribution in [-0.4, -0.2) is 10.7 Å². The molecule has 0 fully saturated rings. The largest absolute Gasteiger partial charge is 0.295 e. The molecule has 0 aliphatic heterocycles. The normalized spacial score (nSPS) is 11.8. The number of carbonyl (C=O) groups is 1. The van der Waals surface area contributed by atoms with Gasteiger partial charge in [0.05, 0.1) is 0 Å². The second-order valence-corrected chi connectivity index (χ2v) is 4.20. The summed E-state index contributed by atoms with van der Waals surface area (Å²) in [6, 6.07) is 5.91. The molecule has 0 radical (unpaired) electrons. The third-order valence-electron chi connectivity index (χ3n) is 2.84. The van der Waals surface area contributed by atoms with Crippen molar-refractivity contribution >= 4 is 5.78 Å². The van der Waals surface area contributed by atoms with Crippen LogP contribution >= 0.6 is 0 Å². The monoisotopic (exact) mass is 247 g/mol. The van der Waals surface area contributed by atoms with Crippen LogP contribution < -0.4 is 0 Å². The van der Waals surface area contributed by atoms with Crippen LogP contribution in [0.3, 0.4) is 0 Å². The Bertz CT molecular complexity index is 437. The van der Waals surface area contributed by atoms with Gasteiger partial charge in [-0.2, -0.15) is 0 Å². The lowest BCUT2D eigenvalue weighted by Gasteiger charge is -2.09. The highest BCUT2D eigenvalue weighted by atomic mass is 16.6. The number of benzene rings is 1. The Kier molecular flexibility index (Phi) is 5.24. The Labute approximate surface area is 106 Å². The lowest BCUT2D eigenvalue weighted by molar-refractivity contribution is -0.530. The van der Waals surface area contributed by atoms with Gasteiger partial charge in [-0.05, 0) is 19.8 Å². The molecule has 1 rings (SSSR count). The first-order valence-electron chi connectivity index (χ1n) is 5.91. The van der Waals surface area contributed by atoms with E-state index >= 15 is 0 Å². The van der Waals surface area contributed by atoms with Crippen LogP contribution in [0.1, 0.15) is 48.1 Å². The molecular formula is C14H17NO3. The van der Waals surface area contributed by atoms with Gasteiger partial charge in [-0.15, -0.1) is 6.58 Å². The van der Waals surface area contributed by atoms with E-state index in [1.165, 1.54) is 6.92 Å². The minimum atomic E-state index is -0.703. The fourth-order valence-corrected chi connectivity index (χ4v) is 1.79. The Balaban J connectivity index is 2.82. The van der Waals surface area contributed by atoms with Gasteiger partial charge in [-0.25, -0.2) is 0 Å². The predicted molar refractivity (Wildman–Crippen MR) is 70.2 cm³/mol. The van der Waals surface area contributed by atoms with Crippen molar-refractivity contribution in [1.29, 1.82) is 0 Å². The molecule has 0 aliphatic rings. The standard InChI is InChI=1S/C14H17NO3/c1-3-4-5-6-14(15(17)18)13-9-7-12(8-10-13)11(2)16/h3,7-10,14H,1,4-6H2,2H3. The third kappa shape index (κ3) is 3.80. The van der Waals surface area contributed by atoms with Gasteiger partial charge in [0.2, 0.25) is 6.04 Å². The molecule has 0 heterocycles. The number of allylic oxidation sites excluding steroid dienone is 1. The van der Waals surface area contributed by atoms with Gasteiger partial charge in [-0.3, -0.25) is 14.9 Å². The van der Waals surface area contributed by atoms with E-state index in [-0.39, 0.29) is 10.7 Å². The third-order valence-corrected chi connectivity index (χ3v) is 2.84. The SMILES string of the molecule is C=CCCCC(c1ccc(C(C)=O)cc1)[N+](=O)[O-]. The van der Waals surface area contributed by atoms with Gasteiger partial charge >= 0.3 is 0 Å². The molecule has 0 N–H and O–H groups in total. The second kappa shape index (κ2) is 6.69. The first-order valence-corrected chi connectivity index (χ1v) is 5.91. The molecule has 96 valence electrons. The van der Waals surface area contributed by atoms with Crippen molar-refractivity contribution in [3.8, 4) is 0 Å². The predicted octanol–water partition coefficient (Wildman–Crippen LogP) is 3.56. The maximum Gasteiger partial charge on any atom is 0.238 e. The number of Topliss-reactive ketones (excluding diaryl/α,β-unsaturated/α-hetero) is 1. The molecule has 1 aromatic carbocycles.